The van der Waals surface area contributed by atoms with Crippen LogP contribution in [0.15, 0.2) is 18.2 Å². The Labute approximate surface area is 117 Å². The molecule has 1 aliphatic rings. The average Bonchev–Trinajstić information content (AvgIpc) is 2.26. The van der Waals surface area contributed by atoms with Crippen molar-refractivity contribution in [3.63, 3.8) is 0 Å². The van der Waals surface area contributed by atoms with Gasteiger partial charge in [0.05, 0.1) is 0 Å². The number of anilines is 2. The van der Waals surface area contributed by atoms with Crippen molar-refractivity contribution in [2.45, 2.75) is 58.4 Å². The van der Waals surface area contributed by atoms with Crippen LogP contribution in [-0.4, -0.2) is 23.6 Å². The molecule has 0 atom stereocenters. The van der Waals surface area contributed by atoms with Crippen LogP contribution in [0.25, 0.3) is 0 Å². The van der Waals surface area contributed by atoms with Gasteiger partial charge in [-0.3, -0.25) is 0 Å². The Kier molecular flexibility index (Phi) is 4.67. The second-order valence-corrected chi connectivity index (χ2v) is 6.51. The molecule has 0 radical (unpaired) electrons. The first-order chi connectivity index (χ1) is 9.04. The van der Waals surface area contributed by atoms with Crippen molar-refractivity contribution in [1.29, 1.82) is 0 Å². The summed E-state index contributed by atoms with van der Waals surface area (Å²) in [5.74, 6) is 2.10. The van der Waals surface area contributed by atoms with Gasteiger partial charge in [0.2, 0.25) is 0 Å². The molecule has 3 nitrogen and oxygen atoms in total. The molecule has 0 saturated carbocycles. The molecule has 2 heterocycles. The molecule has 1 saturated heterocycles. The van der Waals surface area contributed by atoms with E-state index in [1.807, 2.05) is 0 Å². The Morgan fingerprint density at radius 1 is 1.00 bits per heavy atom. The number of nitrogens with zero attached hydrogens (tertiary/aromatic N) is 2. The van der Waals surface area contributed by atoms with Gasteiger partial charge in [0.1, 0.15) is 11.6 Å². The maximum atomic E-state index is 4.77. The molecule has 0 aromatic carbocycles. The van der Waals surface area contributed by atoms with Crippen LogP contribution < -0.4 is 10.2 Å². The van der Waals surface area contributed by atoms with E-state index in [0.717, 1.165) is 24.7 Å². The Balaban J connectivity index is 2.08. The normalized spacial score (nSPS) is 17.7. The number of hydrogen-bond donors (Lipinski definition) is 1. The molecular weight excluding hydrogens is 234 g/mol. The van der Waals surface area contributed by atoms with Crippen LogP contribution in [-0.2, 0) is 0 Å². The van der Waals surface area contributed by atoms with Gasteiger partial charge in [-0.1, -0.05) is 25.3 Å². The van der Waals surface area contributed by atoms with E-state index >= 15 is 0 Å². The molecule has 19 heavy (non-hydrogen) atoms. The lowest BCUT2D eigenvalue weighted by Crippen LogP contribution is -2.29. The first-order valence-electron chi connectivity index (χ1n) is 7.55. The first-order valence-corrected chi connectivity index (χ1v) is 7.55. The zero-order valence-corrected chi connectivity index (χ0v) is 12.6. The average molecular weight is 261 g/mol. The second-order valence-electron chi connectivity index (χ2n) is 6.51. The summed E-state index contributed by atoms with van der Waals surface area (Å²) in [6, 6.07) is 6.30. The number of rotatable bonds is 2. The minimum Gasteiger partial charge on any atom is -0.365 e. The van der Waals surface area contributed by atoms with E-state index in [1.165, 1.54) is 32.1 Å². The third-order valence-corrected chi connectivity index (χ3v) is 3.42. The van der Waals surface area contributed by atoms with Gasteiger partial charge in [-0.25, -0.2) is 4.98 Å². The van der Waals surface area contributed by atoms with E-state index in [0.29, 0.717) is 0 Å². The lowest BCUT2D eigenvalue weighted by molar-refractivity contribution is 0.553. The van der Waals surface area contributed by atoms with Crippen LogP contribution in [0.2, 0.25) is 0 Å². The van der Waals surface area contributed by atoms with E-state index in [1.54, 1.807) is 0 Å². The summed E-state index contributed by atoms with van der Waals surface area (Å²) in [6.07, 6.45) is 6.69. The quantitative estimate of drug-likeness (QED) is 0.870. The van der Waals surface area contributed by atoms with Crippen molar-refractivity contribution in [1.82, 2.24) is 4.98 Å². The Hall–Kier alpha value is -1.25. The lowest BCUT2D eigenvalue weighted by atomic mass is 10.1. The molecule has 1 aromatic heterocycles. The topological polar surface area (TPSA) is 28.2 Å². The monoisotopic (exact) mass is 261 g/mol. The predicted octanol–water partition coefficient (Wildman–Crippen LogP) is 4.06. The van der Waals surface area contributed by atoms with Crippen molar-refractivity contribution in [2.24, 2.45) is 0 Å². The zero-order chi connectivity index (χ0) is 13.7. The minimum absolute atomic E-state index is 0.0574. The molecule has 1 aliphatic heterocycles. The molecule has 0 spiro atoms. The fourth-order valence-corrected chi connectivity index (χ4v) is 2.53. The minimum atomic E-state index is 0.0574. The van der Waals surface area contributed by atoms with Crippen LogP contribution in [0, 0.1) is 0 Å². The molecule has 3 heteroatoms. The van der Waals surface area contributed by atoms with E-state index in [4.69, 9.17) is 4.98 Å². The highest BCUT2D eigenvalue weighted by Crippen LogP contribution is 2.20. The van der Waals surface area contributed by atoms with Crippen molar-refractivity contribution in [3.8, 4) is 0 Å². The molecular formula is C16H27N3. The summed E-state index contributed by atoms with van der Waals surface area (Å²) in [5, 5.41) is 3.45. The molecule has 2 rings (SSSR count). The molecule has 1 fully saturated rings. The maximum absolute atomic E-state index is 4.77. The first kappa shape index (κ1) is 14.2. The zero-order valence-electron chi connectivity index (χ0n) is 12.6. The van der Waals surface area contributed by atoms with E-state index in [2.05, 4.69) is 49.2 Å². The molecule has 0 unspecified atom stereocenters. The van der Waals surface area contributed by atoms with Gasteiger partial charge >= 0.3 is 0 Å². The van der Waals surface area contributed by atoms with Gasteiger partial charge in [-0.2, -0.15) is 0 Å². The summed E-state index contributed by atoms with van der Waals surface area (Å²) >= 11 is 0. The number of hydrogen-bond acceptors (Lipinski definition) is 3. The summed E-state index contributed by atoms with van der Waals surface area (Å²) in [4.78, 5) is 7.21. The standard InChI is InChI=1S/C16H27N3/c1-16(2,3)18-14-10-9-11-15(17-14)19-12-7-5-4-6-8-13-19/h9-11H,4-8,12-13H2,1-3H3,(H,17,18). The van der Waals surface area contributed by atoms with Gasteiger partial charge in [0, 0.05) is 18.6 Å². The third kappa shape index (κ3) is 4.73. The number of aromatic nitrogens is 1. The molecule has 0 aliphatic carbocycles. The number of nitrogens with one attached hydrogen (secondary N) is 1. The smallest absolute Gasteiger partial charge is 0.130 e. The SMILES string of the molecule is CC(C)(C)Nc1cccc(N2CCCCCCC2)n1. The summed E-state index contributed by atoms with van der Waals surface area (Å²) < 4.78 is 0. The van der Waals surface area contributed by atoms with Crippen LogP contribution in [0.5, 0.6) is 0 Å². The Bertz CT molecular complexity index is 387. The van der Waals surface area contributed by atoms with Crippen molar-refractivity contribution < 1.29 is 0 Å². The van der Waals surface area contributed by atoms with E-state index in [9.17, 15) is 0 Å². The van der Waals surface area contributed by atoms with Crippen molar-refractivity contribution in [3.05, 3.63) is 18.2 Å². The van der Waals surface area contributed by atoms with Crippen molar-refractivity contribution in [2.75, 3.05) is 23.3 Å². The predicted molar refractivity (Wildman–Crippen MR) is 82.9 cm³/mol. The second kappa shape index (κ2) is 6.27. The van der Waals surface area contributed by atoms with Crippen LogP contribution in [0.3, 0.4) is 0 Å². The molecule has 1 aromatic rings. The Morgan fingerprint density at radius 2 is 1.63 bits per heavy atom. The Morgan fingerprint density at radius 3 is 2.26 bits per heavy atom. The van der Waals surface area contributed by atoms with Gasteiger partial charge < -0.3 is 10.2 Å². The van der Waals surface area contributed by atoms with Gasteiger partial charge in [-0.05, 0) is 45.7 Å². The fraction of sp³-hybridized carbons (Fsp3) is 0.688. The summed E-state index contributed by atoms with van der Waals surface area (Å²) in [7, 11) is 0. The molecule has 0 bridgehead atoms. The number of pyridine rings is 1. The van der Waals surface area contributed by atoms with Crippen LogP contribution in [0.4, 0.5) is 11.6 Å². The van der Waals surface area contributed by atoms with E-state index in [-0.39, 0.29) is 5.54 Å². The summed E-state index contributed by atoms with van der Waals surface area (Å²) in [6.45, 7) is 8.78. The molecule has 1 N–H and O–H groups in total. The van der Waals surface area contributed by atoms with Crippen molar-refractivity contribution >= 4 is 11.6 Å². The van der Waals surface area contributed by atoms with Crippen LogP contribution >= 0.6 is 0 Å². The highest BCUT2D eigenvalue weighted by molar-refractivity contribution is 5.48. The molecule has 106 valence electrons. The largest absolute Gasteiger partial charge is 0.365 e. The summed E-state index contributed by atoms with van der Waals surface area (Å²) in [5.41, 5.74) is 0.0574. The fourth-order valence-electron chi connectivity index (χ4n) is 2.53. The highest BCUT2D eigenvalue weighted by atomic mass is 15.2. The molecule has 0 amide bonds. The van der Waals surface area contributed by atoms with Crippen LogP contribution in [0.1, 0.15) is 52.9 Å². The van der Waals surface area contributed by atoms with Gasteiger partial charge in [0.25, 0.3) is 0 Å². The highest BCUT2D eigenvalue weighted by Gasteiger charge is 2.13. The third-order valence-electron chi connectivity index (χ3n) is 3.42. The van der Waals surface area contributed by atoms with Gasteiger partial charge in [0.15, 0.2) is 0 Å². The maximum Gasteiger partial charge on any atom is 0.130 e. The van der Waals surface area contributed by atoms with E-state index < -0.39 is 0 Å². The lowest BCUT2D eigenvalue weighted by Gasteiger charge is -2.27. The van der Waals surface area contributed by atoms with Gasteiger partial charge in [-0.15, -0.1) is 0 Å².